The lowest BCUT2D eigenvalue weighted by molar-refractivity contribution is 0.0553. The molecule has 0 radical (unpaired) electrons. The summed E-state index contributed by atoms with van der Waals surface area (Å²) in [7, 11) is 1.31. The Morgan fingerprint density at radius 1 is 1.31 bits per heavy atom. The normalized spacial score (nSPS) is 31.9. The molecule has 2 fully saturated rings. The van der Waals surface area contributed by atoms with Gasteiger partial charge in [-0.05, 0) is 24.7 Å². The van der Waals surface area contributed by atoms with E-state index in [9.17, 15) is 4.79 Å². The fourth-order valence-electron chi connectivity index (χ4n) is 2.90. The summed E-state index contributed by atoms with van der Waals surface area (Å²) >= 11 is 0. The molecule has 0 N–H and O–H groups in total. The molecular weight excluding hydrogens is 208 g/mol. The van der Waals surface area contributed by atoms with Crippen LogP contribution >= 0.6 is 0 Å². The maximum Gasteiger partial charge on any atom is 0.396 e. The van der Waals surface area contributed by atoms with Crippen LogP contribution in [0.2, 0.25) is 0 Å². The lowest BCUT2D eigenvalue weighted by Gasteiger charge is -2.04. The van der Waals surface area contributed by atoms with Gasteiger partial charge < -0.3 is 9.15 Å². The van der Waals surface area contributed by atoms with Crippen molar-refractivity contribution < 1.29 is 13.9 Å². The first-order chi connectivity index (χ1) is 7.81. The van der Waals surface area contributed by atoms with Crippen LogP contribution in [0.4, 0.5) is 0 Å². The molecule has 5 nitrogen and oxygen atoms in total. The molecule has 16 heavy (non-hydrogen) atoms. The molecule has 2 aliphatic carbocycles. The van der Waals surface area contributed by atoms with Gasteiger partial charge in [-0.15, -0.1) is 10.2 Å². The molecule has 3 rings (SSSR count). The second kappa shape index (κ2) is 3.57. The van der Waals surface area contributed by atoms with Gasteiger partial charge in [0.1, 0.15) is 0 Å². The van der Waals surface area contributed by atoms with Crippen LogP contribution in [0.1, 0.15) is 48.2 Å². The van der Waals surface area contributed by atoms with Crippen LogP contribution in [-0.4, -0.2) is 23.3 Å². The Labute approximate surface area is 93.2 Å². The minimum absolute atomic E-state index is 0.0267. The standard InChI is InChI=1S/C11H14N2O3/c1-15-11(14)10-13-12-9(16-10)8-6-4-2-3-5-7(6)8/h6-8H,2-5H2,1H3. The smallest absolute Gasteiger partial charge is 0.396 e. The highest BCUT2D eigenvalue weighted by Crippen LogP contribution is 2.60. The van der Waals surface area contributed by atoms with E-state index in [1.807, 2.05) is 0 Å². The van der Waals surface area contributed by atoms with Crippen molar-refractivity contribution in [3.63, 3.8) is 0 Å². The minimum Gasteiger partial charge on any atom is -0.462 e. The monoisotopic (exact) mass is 222 g/mol. The van der Waals surface area contributed by atoms with Crippen LogP contribution in [0.15, 0.2) is 4.42 Å². The van der Waals surface area contributed by atoms with Gasteiger partial charge in [0.2, 0.25) is 5.89 Å². The van der Waals surface area contributed by atoms with Crippen molar-refractivity contribution in [2.75, 3.05) is 7.11 Å². The SMILES string of the molecule is COC(=O)c1nnc(C2C3CCCCC32)o1. The van der Waals surface area contributed by atoms with Crippen LogP contribution in [0, 0.1) is 11.8 Å². The number of hydrogen-bond acceptors (Lipinski definition) is 5. The molecule has 1 aromatic heterocycles. The van der Waals surface area contributed by atoms with Crippen molar-refractivity contribution in [2.45, 2.75) is 31.6 Å². The Morgan fingerprint density at radius 3 is 2.62 bits per heavy atom. The molecule has 86 valence electrons. The van der Waals surface area contributed by atoms with Gasteiger partial charge in [-0.25, -0.2) is 4.79 Å². The van der Waals surface area contributed by atoms with Gasteiger partial charge in [-0.1, -0.05) is 12.8 Å². The molecule has 0 amide bonds. The number of nitrogens with zero attached hydrogens (tertiary/aromatic N) is 2. The van der Waals surface area contributed by atoms with E-state index in [4.69, 9.17) is 4.42 Å². The molecule has 0 saturated heterocycles. The van der Waals surface area contributed by atoms with E-state index < -0.39 is 5.97 Å². The summed E-state index contributed by atoms with van der Waals surface area (Å²) in [5.41, 5.74) is 0. The van der Waals surface area contributed by atoms with Crippen LogP contribution in [-0.2, 0) is 4.74 Å². The number of esters is 1. The first kappa shape index (κ1) is 9.81. The van der Waals surface area contributed by atoms with E-state index in [0.717, 1.165) is 0 Å². The molecule has 0 spiro atoms. The number of carbonyl (C=O) groups is 1. The zero-order valence-corrected chi connectivity index (χ0v) is 9.18. The predicted octanol–water partition coefficient (Wildman–Crippen LogP) is 1.76. The van der Waals surface area contributed by atoms with Gasteiger partial charge in [0, 0.05) is 5.92 Å². The third kappa shape index (κ3) is 1.42. The van der Waals surface area contributed by atoms with Crippen LogP contribution in [0.3, 0.4) is 0 Å². The molecule has 5 heteroatoms. The fourth-order valence-corrected chi connectivity index (χ4v) is 2.90. The zero-order chi connectivity index (χ0) is 11.1. The Balaban J connectivity index is 1.76. The lowest BCUT2D eigenvalue weighted by atomic mass is 10.0. The molecule has 1 heterocycles. The molecule has 0 bridgehead atoms. The van der Waals surface area contributed by atoms with E-state index >= 15 is 0 Å². The molecular formula is C11H14N2O3. The topological polar surface area (TPSA) is 65.2 Å². The van der Waals surface area contributed by atoms with E-state index in [-0.39, 0.29) is 5.89 Å². The van der Waals surface area contributed by atoms with Gasteiger partial charge in [0.15, 0.2) is 0 Å². The summed E-state index contributed by atoms with van der Waals surface area (Å²) in [6, 6.07) is 0. The van der Waals surface area contributed by atoms with Gasteiger partial charge in [0.25, 0.3) is 0 Å². The Bertz CT molecular complexity index is 403. The van der Waals surface area contributed by atoms with Crippen molar-refractivity contribution in [1.29, 1.82) is 0 Å². The quantitative estimate of drug-likeness (QED) is 0.713. The second-order valence-electron chi connectivity index (χ2n) is 4.57. The summed E-state index contributed by atoms with van der Waals surface area (Å²) in [6.07, 6.45) is 5.11. The van der Waals surface area contributed by atoms with Crippen molar-refractivity contribution in [3.8, 4) is 0 Å². The number of rotatable bonds is 2. The Hall–Kier alpha value is -1.39. The summed E-state index contributed by atoms with van der Waals surface area (Å²) in [5.74, 6) is 1.86. The Kier molecular flexibility index (Phi) is 2.19. The molecule has 2 saturated carbocycles. The molecule has 2 atom stereocenters. The highest BCUT2D eigenvalue weighted by Gasteiger charge is 2.54. The van der Waals surface area contributed by atoms with Crippen molar-refractivity contribution >= 4 is 5.97 Å². The Morgan fingerprint density at radius 2 is 2.00 bits per heavy atom. The van der Waals surface area contributed by atoms with Crippen LogP contribution in [0.25, 0.3) is 0 Å². The van der Waals surface area contributed by atoms with Gasteiger partial charge in [-0.3, -0.25) is 0 Å². The maximum absolute atomic E-state index is 11.2. The number of fused-ring (bicyclic) bond motifs is 1. The van der Waals surface area contributed by atoms with E-state index in [0.29, 0.717) is 23.6 Å². The van der Waals surface area contributed by atoms with Crippen LogP contribution < -0.4 is 0 Å². The maximum atomic E-state index is 11.2. The minimum atomic E-state index is -0.553. The van der Waals surface area contributed by atoms with E-state index in [1.54, 1.807) is 0 Å². The molecule has 2 aliphatic rings. The van der Waals surface area contributed by atoms with Crippen molar-refractivity contribution in [1.82, 2.24) is 10.2 Å². The number of hydrogen-bond donors (Lipinski definition) is 0. The second-order valence-corrected chi connectivity index (χ2v) is 4.57. The van der Waals surface area contributed by atoms with E-state index in [2.05, 4.69) is 14.9 Å². The highest BCUT2D eigenvalue weighted by molar-refractivity contribution is 5.83. The average Bonchev–Trinajstić information content (AvgIpc) is 2.86. The molecule has 1 aromatic rings. The molecule has 2 unspecified atom stereocenters. The zero-order valence-electron chi connectivity index (χ0n) is 9.18. The summed E-state index contributed by atoms with van der Waals surface area (Å²) in [5, 5.41) is 7.67. The summed E-state index contributed by atoms with van der Waals surface area (Å²) < 4.78 is 9.89. The van der Waals surface area contributed by atoms with Gasteiger partial charge in [-0.2, -0.15) is 0 Å². The first-order valence-corrected chi connectivity index (χ1v) is 5.73. The number of aromatic nitrogens is 2. The lowest BCUT2D eigenvalue weighted by Crippen LogP contribution is -2.00. The average molecular weight is 222 g/mol. The highest BCUT2D eigenvalue weighted by atomic mass is 16.5. The van der Waals surface area contributed by atoms with Gasteiger partial charge in [0.05, 0.1) is 7.11 Å². The molecule has 0 aromatic carbocycles. The number of ether oxygens (including phenoxy) is 1. The summed E-state index contributed by atoms with van der Waals surface area (Å²) in [6.45, 7) is 0. The predicted molar refractivity (Wildman–Crippen MR) is 53.8 cm³/mol. The fraction of sp³-hybridized carbons (Fsp3) is 0.727. The third-order valence-corrected chi connectivity index (χ3v) is 3.74. The number of methoxy groups -OCH3 is 1. The van der Waals surface area contributed by atoms with E-state index in [1.165, 1.54) is 32.8 Å². The van der Waals surface area contributed by atoms with Crippen LogP contribution in [0.5, 0.6) is 0 Å². The third-order valence-electron chi connectivity index (χ3n) is 3.74. The molecule has 0 aliphatic heterocycles. The largest absolute Gasteiger partial charge is 0.462 e. The first-order valence-electron chi connectivity index (χ1n) is 5.73. The summed E-state index contributed by atoms with van der Waals surface area (Å²) in [4.78, 5) is 11.2. The number of carbonyl (C=O) groups excluding carboxylic acids is 1. The van der Waals surface area contributed by atoms with Gasteiger partial charge >= 0.3 is 11.9 Å². The van der Waals surface area contributed by atoms with Crippen molar-refractivity contribution in [3.05, 3.63) is 11.8 Å². The van der Waals surface area contributed by atoms with Crippen molar-refractivity contribution in [2.24, 2.45) is 11.8 Å².